The Hall–Kier alpha value is -4.13. The molecule has 33 heavy (non-hydrogen) atoms. The number of fused-ring (bicyclic) bond motifs is 4. The number of hydrogen-bond donors (Lipinski definition) is 0. The fourth-order valence-corrected chi connectivity index (χ4v) is 4.41. The van der Waals surface area contributed by atoms with Crippen LogP contribution in [-0.2, 0) is 13.0 Å². The lowest BCUT2D eigenvalue weighted by molar-refractivity contribution is 0.171. The zero-order chi connectivity index (χ0) is 22.4. The summed E-state index contributed by atoms with van der Waals surface area (Å²) in [5.74, 6) is 1.45. The predicted molar refractivity (Wildman–Crippen MR) is 126 cm³/mol. The summed E-state index contributed by atoms with van der Waals surface area (Å²) < 4.78 is 14.8. The molecule has 0 saturated carbocycles. The molecule has 7 heteroatoms. The van der Waals surface area contributed by atoms with Crippen molar-refractivity contribution >= 4 is 16.6 Å². The Morgan fingerprint density at radius 1 is 1.00 bits per heavy atom. The van der Waals surface area contributed by atoms with Gasteiger partial charge in [-0.25, -0.2) is 9.50 Å². The summed E-state index contributed by atoms with van der Waals surface area (Å²) in [6, 6.07) is 17.9. The molecule has 5 aromatic rings. The Kier molecular flexibility index (Phi) is 4.61. The highest BCUT2D eigenvalue weighted by Crippen LogP contribution is 2.31. The zero-order valence-electron chi connectivity index (χ0n) is 18.2. The van der Waals surface area contributed by atoms with Gasteiger partial charge in [-0.15, -0.1) is 0 Å². The summed E-state index contributed by atoms with van der Waals surface area (Å²) in [6.45, 7) is 3.59. The second kappa shape index (κ2) is 7.78. The minimum atomic E-state index is -0.105. The largest absolute Gasteiger partial charge is 0.486 e. The van der Waals surface area contributed by atoms with Crippen molar-refractivity contribution in [2.45, 2.75) is 19.9 Å². The molecule has 0 N–H and O–H groups in total. The van der Waals surface area contributed by atoms with Crippen molar-refractivity contribution in [2.24, 2.45) is 0 Å². The first-order chi connectivity index (χ1) is 16.2. The van der Waals surface area contributed by atoms with E-state index < -0.39 is 0 Å². The highest BCUT2D eigenvalue weighted by molar-refractivity contribution is 5.86. The van der Waals surface area contributed by atoms with E-state index in [-0.39, 0.29) is 5.56 Å². The molecular weight excluding hydrogens is 416 g/mol. The zero-order valence-corrected chi connectivity index (χ0v) is 18.2. The van der Waals surface area contributed by atoms with Crippen LogP contribution in [0.2, 0.25) is 0 Å². The monoisotopic (exact) mass is 438 g/mol. The molecule has 1 aliphatic heterocycles. The van der Waals surface area contributed by atoms with Crippen LogP contribution in [0.25, 0.3) is 27.7 Å². The molecular formula is C26H22N4O3. The van der Waals surface area contributed by atoms with E-state index in [0.717, 1.165) is 45.7 Å². The van der Waals surface area contributed by atoms with E-state index in [0.29, 0.717) is 30.9 Å². The second-order valence-electron chi connectivity index (χ2n) is 8.06. The van der Waals surface area contributed by atoms with E-state index in [9.17, 15) is 4.79 Å². The lowest BCUT2D eigenvalue weighted by Crippen LogP contribution is -2.21. The van der Waals surface area contributed by atoms with Gasteiger partial charge in [0.2, 0.25) is 0 Å². The molecule has 0 atom stereocenters. The third-order valence-corrected chi connectivity index (χ3v) is 6.01. The van der Waals surface area contributed by atoms with Crippen molar-refractivity contribution in [1.29, 1.82) is 0 Å². The van der Waals surface area contributed by atoms with Crippen molar-refractivity contribution in [2.75, 3.05) is 13.2 Å². The predicted octanol–water partition coefficient (Wildman–Crippen LogP) is 4.09. The average Bonchev–Trinajstić information content (AvgIpc) is 3.25. The summed E-state index contributed by atoms with van der Waals surface area (Å²) in [7, 11) is 0. The molecule has 4 heterocycles. The Bertz CT molecular complexity index is 1550. The fourth-order valence-electron chi connectivity index (χ4n) is 4.41. The molecule has 3 aromatic heterocycles. The van der Waals surface area contributed by atoms with Crippen molar-refractivity contribution in [3.63, 3.8) is 0 Å². The van der Waals surface area contributed by atoms with Gasteiger partial charge >= 0.3 is 0 Å². The maximum atomic E-state index is 13.3. The number of aryl methyl sites for hydroxylation is 1. The summed E-state index contributed by atoms with van der Waals surface area (Å²) in [5, 5.41) is 5.35. The van der Waals surface area contributed by atoms with Crippen LogP contribution in [-0.4, -0.2) is 32.4 Å². The Labute approximate surface area is 189 Å². The van der Waals surface area contributed by atoms with Gasteiger partial charge in [-0.05, 0) is 35.7 Å². The molecule has 0 saturated heterocycles. The van der Waals surface area contributed by atoms with Gasteiger partial charge in [0.05, 0.1) is 23.1 Å². The van der Waals surface area contributed by atoms with Crippen LogP contribution in [0.1, 0.15) is 18.2 Å². The smallest absolute Gasteiger partial charge is 0.261 e. The first-order valence-electron chi connectivity index (χ1n) is 11.1. The van der Waals surface area contributed by atoms with Crippen LogP contribution in [0.3, 0.4) is 0 Å². The number of rotatable bonds is 4. The fraction of sp³-hybridized carbons (Fsp3) is 0.192. The first-order valence-corrected chi connectivity index (χ1v) is 11.1. The van der Waals surface area contributed by atoms with E-state index in [2.05, 4.69) is 24.0 Å². The number of pyridine rings is 1. The van der Waals surface area contributed by atoms with Crippen LogP contribution in [0, 0.1) is 0 Å². The first kappa shape index (κ1) is 19.5. The van der Waals surface area contributed by atoms with Crippen molar-refractivity contribution in [3.05, 3.63) is 88.6 Å². The van der Waals surface area contributed by atoms with E-state index in [1.165, 1.54) is 0 Å². The maximum absolute atomic E-state index is 13.3. The van der Waals surface area contributed by atoms with E-state index in [1.54, 1.807) is 15.3 Å². The molecule has 164 valence electrons. The lowest BCUT2D eigenvalue weighted by Gasteiger charge is -2.19. The highest BCUT2D eigenvalue weighted by atomic mass is 16.6. The highest BCUT2D eigenvalue weighted by Gasteiger charge is 2.18. The topological polar surface area (TPSA) is 70.7 Å². The van der Waals surface area contributed by atoms with Crippen molar-refractivity contribution in [3.8, 4) is 22.6 Å². The summed E-state index contributed by atoms with van der Waals surface area (Å²) in [4.78, 5) is 18.0. The molecule has 0 aliphatic carbocycles. The molecule has 0 amide bonds. The second-order valence-corrected chi connectivity index (χ2v) is 8.06. The van der Waals surface area contributed by atoms with E-state index in [4.69, 9.17) is 14.6 Å². The molecule has 0 radical (unpaired) electrons. The van der Waals surface area contributed by atoms with Gasteiger partial charge in [0.1, 0.15) is 13.2 Å². The van der Waals surface area contributed by atoms with Gasteiger partial charge in [0.25, 0.3) is 5.56 Å². The molecule has 0 unspecified atom stereocenters. The van der Waals surface area contributed by atoms with Gasteiger partial charge in [-0.3, -0.25) is 4.79 Å². The lowest BCUT2D eigenvalue weighted by atomic mass is 10.0. The summed E-state index contributed by atoms with van der Waals surface area (Å²) in [5.41, 5.74) is 5.42. The Morgan fingerprint density at radius 2 is 1.82 bits per heavy atom. The average molecular weight is 438 g/mol. The third kappa shape index (κ3) is 3.24. The molecule has 0 spiro atoms. The van der Waals surface area contributed by atoms with Crippen LogP contribution in [0.5, 0.6) is 11.5 Å². The van der Waals surface area contributed by atoms with Crippen molar-refractivity contribution in [1.82, 2.24) is 19.2 Å². The number of nitrogens with zero attached hydrogens (tertiary/aromatic N) is 4. The van der Waals surface area contributed by atoms with E-state index in [1.807, 2.05) is 48.7 Å². The van der Waals surface area contributed by atoms with Crippen LogP contribution in [0.15, 0.2) is 71.8 Å². The number of benzene rings is 2. The molecule has 2 aromatic carbocycles. The standard InChI is InChI=1S/C26H22N4O3/c1-2-20-24(18-6-4-3-5-7-18)25-27-15-19-21(30(25)28-20)10-11-29(26(19)31)16-17-8-9-22-23(14-17)33-13-12-32-22/h3-11,14-15H,2,12-13,16H2,1H3. The van der Waals surface area contributed by atoms with Gasteiger partial charge in [-0.2, -0.15) is 5.10 Å². The van der Waals surface area contributed by atoms with Gasteiger partial charge in [-0.1, -0.05) is 43.3 Å². The van der Waals surface area contributed by atoms with Crippen LogP contribution < -0.4 is 15.0 Å². The SMILES string of the molecule is CCc1nn2c(ncc3c(=O)n(Cc4ccc5c(c4)OCCO5)ccc32)c1-c1ccccc1. The van der Waals surface area contributed by atoms with Crippen LogP contribution in [0.4, 0.5) is 0 Å². The molecule has 6 rings (SSSR count). The maximum Gasteiger partial charge on any atom is 0.261 e. The molecule has 0 fully saturated rings. The van der Waals surface area contributed by atoms with Gasteiger partial charge in [0.15, 0.2) is 17.1 Å². The minimum absolute atomic E-state index is 0.105. The quantitative estimate of drug-likeness (QED) is 0.423. The molecule has 1 aliphatic rings. The minimum Gasteiger partial charge on any atom is -0.486 e. The normalized spacial score (nSPS) is 13.0. The number of ether oxygens (including phenoxy) is 2. The number of aromatic nitrogens is 4. The van der Waals surface area contributed by atoms with Crippen molar-refractivity contribution < 1.29 is 9.47 Å². The summed E-state index contributed by atoms with van der Waals surface area (Å²) in [6.07, 6.45) is 4.26. The Balaban J connectivity index is 1.45. The van der Waals surface area contributed by atoms with E-state index >= 15 is 0 Å². The molecule has 0 bridgehead atoms. The van der Waals surface area contributed by atoms with Crippen LogP contribution >= 0.6 is 0 Å². The third-order valence-electron chi connectivity index (χ3n) is 6.01. The van der Waals surface area contributed by atoms with Gasteiger partial charge in [0, 0.05) is 18.0 Å². The summed E-state index contributed by atoms with van der Waals surface area (Å²) >= 11 is 0. The number of hydrogen-bond acceptors (Lipinski definition) is 5. The van der Waals surface area contributed by atoms with Gasteiger partial charge < -0.3 is 14.0 Å². The Morgan fingerprint density at radius 3 is 2.64 bits per heavy atom. The molecule has 7 nitrogen and oxygen atoms in total.